The van der Waals surface area contributed by atoms with Crippen LogP contribution in [0, 0.1) is 5.41 Å². The van der Waals surface area contributed by atoms with E-state index in [2.05, 4.69) is 10.3 Å². The summed E-state index contributed by atoms with van der Waals surface area (Å²) in [5, 5.41) is 3.22. The molecule has 1 heterocycles. The number of hydrogen-bond acceptors (Lipinski definition) is 5. The topological polar surface area (TPSA) is 80.5 Å². The van der Waals surface area contributed by atoms with E-state index in [-0.39, 0.29) is 11.3 Å². The number of nitrogens with zero attached hydrogens (tertiary/aromatic N) is 2. The van der Waals surface area contributed by atoms with Crippen LogP contribution in [0.3, 0.4) is 0 Å². The van der Waals surface area contributed by atoms with Gasteiger partial charge in [0.15, 0.2) is 0 Å². The van der Waals surface area contributed by atoms with Crippen LogP contribution < -0.4 is 15.8 Å². The molecule has 3 N–H and O–H groups in total. The molecule has 0 atom stereocenters. The van der Waals surface area contributed by atoms with Crippen LogP contribution in [0.1, 0.15) is 31.1 Å². The molecule has 0 spiro atoms. The van der Waals surface area contributed by atoms with Gasteiger partial charge in [0.2, 0.25) is 0 Å². The lowest BCUT2D eigenvalue weighted by molar-refractivity contribution is 0.0741. The zero-order chi connectivity index (χ0) is 19.2. The molecular weight excluding hydrogens is 328 g/mol. The molecule has 0 saturated carbocycles. The van der Waals surface area contributed by atoms with Gasteiger partial charge >= 0.3 is 0 Å². The van der Waals surface area contributed by atoms with Crippen molar-refractivity contribution in [1.29, 1.82) is 0 Å². The second-order valence-electron chi connectivity index (χ2n) is 7.01. The fourth-order valence-corrected chi connectivity index (χ4v) is 2.60. The summed E-state index contributed by atoms with van der Waals surface area (Å²) in [7, 11) is 1.79. The lowest BCUT2D eigenvalue weighted by Gasteiger charge is -2.29. The molecule has 0 saturated heterocycles. The zero-order valence-electron chi connectivity index (χ0n) is 16.0. The van der Waals surface area contributed by atoms with Crippen LogP contribution in [0.4, 0.5) is 11.5 Å². The third kappa shape index (κ3) is 5.20. The molecule has 2 rings (SSSR count). The van der Waals surface area contributed by atoms with Crippen molar-refractivity contribution in [3.05, 3.63) is 48.2 Å². The van der Waals surface area contributed by atoms with E-state index in [1.807, 2.05) is 45.0 Å². The SMILES string of the molecule is CCOc1ccc(Nc2ncccc2C(=O)N(C)CC(C)(C)CN)cc1. The Morgan fingerprint density at radius 2 is 1.96 bits per heavy atom. The maximum Gasteiger partial charge on any atom is 0.257 e. The first-order valence-corrected chi connectivity index (χ1v) is 8.76. The minimum atomic E-state index is -0.144. The molecule has 0 aliphatic carbocycles. The number of carbonyl (C=O) groups is 1. The summed E-state index contributed by atoms with van der Waals surface area (Å²) in [5.41, 5.74) is 7.01. The first kappa shape index (κ1) is 19.7. The van der Waals surface area contributed by atoms with Gasteiger partial charge in [-0.2, -0.15) is 0 Å². The Balaban J connectivity index is 2.17. The maximum atomic E-state index is 12.9. The fraction of sp³-hybridized carbons (Fsp3) is 0.400. The number of ether oxygens (including phenoxy) is 1. The van der Waals surface area contributed by atoms with E-state index in [9.17, 15) is 4.79 Å². The van der Waals surface area contributed by atoms with E-state index in [0.29, 0.717) is 31.1 Å². The molecule has 0 aliphatic heterocycles. The van der Waals surface area contributed by atoms with Gasteiger partial charge < -0.3 is 20.7 Å². The van der Waals surface area contributed by atoms with E-state index in [1.54, 1.807) is 30.3 Å². The first-order chi connectivity index (χ1) is 12.4. The average molecular weight is 356 g/mol. The molecule has 0 fully saturated rings. The predicted molar refractivity (Wildman–Crippen MR) is 105 cm³/mol. The summed E-state index contributed by atoms with van der Waals surface area (Å²) in [4.78, 5) is 18.9. The third-order valence-corrected chi connectivity index (χ3v) is 4.03. The van der Waals surface area contributed by atoms with Gasteiger partial charge in [-0.3, -0.25) is 4.79 Å². The summed E-state index contributed by atoms with van der Waals surface area (Å²) in [6.07, 6.45) is 1.66. The van der Waals surface area contributed by atoms with Crippen LogP contribution in [-0.4, -0.2) is 42.5 Å². The number of amides is 1. The average Bonchev–Trinajstić information content (AvgIpc) is 2.63. The Labute approximate surface area is 155 Å². The Kier molecular flexibility index (Phi) is 6.58. The van der Waals surface area contributed by atoms with Crippen molar-refractivity contribution >= 4 is 17.4 Å². The van der Waals surface area contributed by atoms with E-state index in [0.717, 1.165) is 11.4 Å². The number of pyridine rings is 1. The Morgan fingerprint density at radius 3 is 2.58 bits per heavy atom. The van der Waals surface area contributed by atoms with Gasteiger partial charge in [0.1, 0.15) is 11.6 Å². The third-order valence-electron chi connectivity index (χ3n) is 4.03. The van der Waals surface area contributed by atoms with Gasteiger partial charge in [-0.05, 0) is 55.3 Å². The highest BCUT2D eigenvalue weighted by molar-refractivity contribution is 5.99. The van der Waals surface area contributed by atoms with Crippen LogP contribution >= 0.6 is 0 Å². The van der Waals surface area contributed by atoms with Crippen LogP contribution in [0.15, 0.2) is 42.6 Å². The quantitative estimate of drug-likeness (QED) is 0.759. The van der Waals surface area contributed by atoms with E-state index < -0.39 is 0 Å². The first-order valence-electron chi connectivity index (χ1n) is 8.76. The molecule has 0 radical (unpaired) electrons. The lowest BCUT2D eigenvalue weighted by Crippen LogP contribution is -2.40. The van der Waals surface area contributed by atoms with Crippen molar-refractivity contribution in [2.75, 3.05) is 32.1 Å². The number of hydrogen-bond donors (Lipinski definition) is 2. The molecule has 6 nitrogen and oxygen atoms in total. The molecule has 1 amide bonds. The number of aromatic nitrogens is 1. The molecule has 0 aliphatic rings. The fourth-order valence-electron chi connectivity index (χ4n) is 2.60. The van der Waals surface area contributed by atoms with Gasteiger partial charge in [0, 0.05) is 25.5 Å². The number of nitrogens with one attached hydrogen (secondary N) is 1. The van der Waals surface area contributed by atoms with Crippen molar-refractivity contribution in [3.8, 4) is 5.75 Å². The second kappa shape index (κ2) is 8.67. The number of rotatable bonds is 8. The smallest absolute Gasteiger partial charge is 0.257 e. The van der Waals surface area contributed by atoms with Crippen LogP contribution in [0.25, 0.3) is 0 Å². The summed E-state index contributed by atoms with van der Waals surface area (Å²) in [6.45, 7) is 7.73. The normalized spacial score (nSPS) is 11.1. The van der Waals surface area contributed by atoms with Crippen LogP contribution in [0.2, 0.25) is 0 Å². The molecule has 0 bridgehead atoms. The van der Waals surface area contributed by atoms with Gasteiger partial charge in [0.25, 0.3) is 5.91 Å². The number of benzene rings is 1. The van der Waals surface area contributed by atoms with E-state index >= 15 is 0 Å². The number of anilines is 2. The number of nitrogens with two attached hydrogens (primary N) is 1. The Morgan fingerprint density at radius 1 is 1.27 bits per heavy atom. The minimum Gasteiger partial charge on any atom is -0.494 e. The predicted octanol–water partition coefficient (Wildman–Crippen LogP) is 3.28. The molecule has 0 unspecified atom stereocenters. The second-order valence-corrected chi connectivity index (χ2v) is 7.01. The minimum absolute atomic E-state index is 0.0898. The van der Waals surface area contributed by atoms with Crippen LogP contribution in [-0.2, 0) is 0 Å². The maximum absolute atomic E-state index is 12.9. The van der Waals surface area contributed by atoms with Crippen molar-refractivity contribution in [2.45, 2.75) is 20.8 Å². The van der Waals surface area contributed by atoms with Gasteiger partial charge in [-0.25, -0.2) is 4.98 Å². The Hall–Kier alpha value is -2.60. The van der Waals surface area contributed by atoms with Crippen molar-refractivity contribution in [1.82, 2.24) is 9.88 Å². The summed E-state index contributed by atoms with van der Waals surface area (Å²) in [6, 6.07) is 11.1. The standard InChI is InChI=1S/C20H28N4O2/c1-5-26-16-10-8-15(9-11-16)23-18-17(7-6-12-22-18)19(25)24(4)14-20(2,3)13-21/h6-12H,5,13-14,21H2,1-4H3,(H,22,23). The highest BCUT2D eigenvalue weighted by atomic mass is 16.5. The molecule has 140 valence electrons. The zero-order valence-corrected chi connectivity index (χ0v) is 16.0. The van der Waals surface area contributed by atoms with Crippen molar-refractivity contribution in [2.24, 2.45) is 11.1 Å². The van der Waals surface area contributed by atoms with Gasteiger partial charge in [-0.15, -0.1) is 0 Å². The van der Waals surface area contributed by atoms with Gasteiger partial charge in [0.05, 0.1) is 12.2 Å². The van der Waals surface area contributed by atoms with Crippen molar-refractivity contribution in [3.63, 3.8) is 0 Å². The summed E-state index contributed by atoms with van der Waals surface area (Å²) >= 11 is 0. The van der Waals surface area contributed by atoms with Crippen molar-refractivity contribution < 1.29 is 9.53 Å². The van der Waals surface area contributed by atoms with E-state index in [1.165, 1.54) is 0 Å². The van der Waals surface area contributed by atoms with Gasteiger partial charge in [-0.1, -0.05) is 13.8 Å². The van der Waals surface area contributed by atoms with Crippen LogP contribution in [0.5, 0.6) is 5.75 Å². The molecule has 26 heavy (non-hydrogen) atoms. The van der Waals surface area contributed by atoms with E-state index in [4.69, 9.17) is 10.5 Å². The highest BCUT2D eigenvalue weighted by Gasteiger charge is 2.23. The molecule has 1 aromatic heterocycles. The largest absolute Gasteiger partial charge is 0.494 e. The molecule has 6 heteroatoms. The number of carbonyl (C=O) groups excluding carboxylic acids is 1. The lowest BCUT2D eigenvalue weighted by atomic mass is 9.93. The molecule has 2 aromatic rings. The highest BCUT2D eigenvalue weighted by Crippen LogP contribution is 2.23. The Bertz CT molecular complexity index is 729. The monoisotopic (exact) mass is 356 g/mol. The summed E-state index contributed by atoms with van der Waals surface area (Å²) < 4.78 is 5.45. The summed E-state index contributed by atoms with van der Waals surface area (Å²) in [5.74, 6) is 1.24. The molecular formula is C20H28N4O2. The molecule has 1 aromatic carbocycles.